The SMILES string of the molecule is COCCNC(C)c1cc2c3c(ccc(F)c3c1)N(c1cc(C3(c4nncn4C)CC(F)(F)C3)cc(C3CC3)n1)C2=O. The van der Waals surface area contributed by atoms with Gasteiger partial charge in [-0.2, -0.15) is 0 Å². The van der Waals surface area contributed by atoms with Crippen LogP contribution in [-0.2, 0) is 17.2 Å². The standard InChI is InChI=1S/C31H31F3N6O2/c1-17(35-8-9-42-3)19-10-21-23(32)6-7-25-27(21)22(11-19)28(41)40(25)26-13-20(12-24(37-26)18-4-5-18)30(14-31(33,34)15-30)29-38-36-16-39(29)2/h6-7,10-13,16-18,35H,4-5,8-9,14-15H2,1-3H3. The fraction of sp³-hybridized carbons (Fsp3) is 0.419. The molecule has 4 aromatic rings. The number of amides is 1. The number of aromatic nitrogens is 4. The molecule has 7 rings (SSSR count). The van der Waals surface area contributed by atoms with Gasteiger partial charge in [0.1, 0.15) is 23.8 Å². The maximum absolute atomic E-state index is 15.2. The Morgan fingerprint density at radius 1 is 1.17 bits per heavy atom. The fourth-order valence-electron chi connectivity index (χ4n) is 6.57. The number of nitrogens with one attached hydrogen (secondary N) is 1. The van der Waals surface area contributed by atoms with E-state index in [4.69, 9.17) is 9.72 Å². The Bertz CT molecular complexity index is 1730. The van der Waals surface area contributed by atoms with Crippen LogP contribution in [0.4, 0.5) is 24.7 Å². The lowest BCUT2D eigenvalue weighted by Crippen LogP contribution is -2.51. The smallest absolute Gasteiger partial charge is 0.264 e. The van der Waals surface area contributed by atoms with Gasteiger partial charge in [-0.05, 0) is 67.3 Å². The Morgan fingerprint density at radius 2 is 1.95 bits per heavy atom. The Balaban J connectivity index is 1.35. The number of hydrogen-bond acceptors (Lipinski definition) is 6. The number of ether oxygens (including phenoxy) is 1. The molecule has 0 spiro atoms. The molecule has 1 N–H and O–H groups in total. The number of benzene rings is 2. The fourth-order valence-corrected chi connectivity index (χ4v) is 6.57. The number of anilines is 2. The van der Waals surface area contributed by atoms with Crippen LogP contribution in [0.3, 0.4) is 0 Å². The lowest BCUT2D eigenvalue weighted by Gasteiger charge is -2.47. The predicted molar refractivity (Wildman–Crippen MR) is 151 cm³/mol. The van der Waals surface area contributed by atoms with Gasteiger partial charge < -0.3 is 14.6 Å². The molecular weight excluding hydrogens is 545 g/mol. The van der Waals surface area contributed by atoms with E-state index in [0.717, 1.165) is 24.1 Å². The molecule has 2 saturated carbocycles. The monoisotopic (exact) mass is 576 g/mol. The van der Waals surface area contributed by atoms with Crippen LogP contribution in [0.1, 0.15) is 77.6 Å². The van der Waals surface area contributed by atoms with E-state index in [2.05, 4.69) is 15.5 Å². The largest absolute Gasteiger partial charge is 0.383 e. The third kappa shape index (κ3) is 4.20. The Hall–Kier alpha value is -3.83. The van der Waals surface area contributed by atoms with Crippen molar-refractivity contribution in [1.29, 1.82) is 0 Å². The summed E-state index contributed by atoms with van der Waals surface area (Å²) in [4.78, 5) is 20.5. The van der Waals surface area contributed by atoms with Crippen LogP contribution in [0.25, 0.3) is 10.8 Å². The molecule has 1 amide bonds. The molecule has 42 heavy (non-hydrogen) atoms. The molecule has 2 aromatic carbocycles. The van der Waals surface area contributed by atoms with Crippen LogP contribution in [0.15, 0.2) is 42.7 Å². The predicted octanol–water partition coefficient (Wildman–Crippen LogP) is 5.68. The molecule has 0 bridgehead atoms. The molecule has 3 heterocycles. The number of pyridine rings is 1. The van der Waals surface area contributed by atoms with Crippen molar-refractivity contribution in [3.05, 3.63) is 76.8 Å². The molecular formula is C31H31F3N6O2. The van der Waals surface area contributed by atoms with Gasteiger partial charge in [0.2, 0.25) is 0 Å². The molecule has 0 saturated heterocycles. The van der Waals surface area contributed by atoms with E-state index in [0.29, 0.717) is 52.4 Å². The zero-order valence-corrected chi connectivity index (χ0v) is 23.6. The van der Waals surface area contributed by atoms with Gasteiger partial charge in [-0.15, -0.1) is 10.2 Å². The molecule has 1 atom stereocenters. The van der Waals surface area contributed by atoms with E-state index < -0.39 is 30.0 Å². The summed E-state index contributed by atoms with van der Waals surface area (Å²) in [6, 6.07) is 10.00. The molecule has 11 heteroatoms. The van der Waals surface area contributed by atoms with Gasteiger partial charge in [-0.25, -0.2) is 18.2 Å². The van der Waals surface area contributed by atoms with Crippen molar-refractivity contribution in [3.8, 4) is 0 Å². The van der Waals surface area contributed by atoms with Gasteiger partial charge in [0.15, 0.2) is 0 Å². The third-order valence-electron chi connectivity index (χ3n) is 8.86. The second kappa shape index (κ2) is 9.60. The zero-order chi connectivity index (χ0) is 29.4. The summed E-state index contributed by atoms with van der Waals surface area (Å²) in [7, 11) is 3.37. The highest BCUT2D eigenvalue weighted by atomic mass is 19.3. The van der Waals surface area contributed by atoms with Crippen LogP contribution in [-0.4, -0.2) is 51.8 Å². The van der Waals surface area contributed by atoms with Crippen molar-refractivity contribution in [1.82, 2.24) is 25.1 Å². The Kier molecular flexibility index (Phi) is 6.18. The van der Waals surface area contributed by atoms with Crippen LogP contribution in [0.2, 0.25) is 0 Å². The maximum atomic E-state index is 15.2. The van der Waals surface area contributed by atoms with Gasteiger partial charge in [0.05, 0.1) is 23.3 Å². The van der Waals surface area contributed by atoms with Crippen LogP contribution < -0.4 is 10.2 Å². The number of rotatable bonds is 9. The quantitative estimate of drug-likeness (QED) is 0.258. The lowest BCUT2D eigenvalue weighted by atomic mass is 9.61. The van der Waals surface area contributed by atoms with Gasteiger partial charge in [0, 0.05) is 62.0 Å². The van der Waals surface area contributed by atoms with Gasteiger partial charge in [-0.3, -0.25) is 9.69 Å². The minimum Gasteiger partial charge on any atom is -0.383 e. The first-order valence-corrected chi connectivity index (χ1v) is 14.2. The minimum absolute atomic E-state index is 0.153. The summed E-state index contributed by atoms with van der Waals surface area (Å²) >= 11 is 0. The molecule has 8 nitrogen and oxygen atoms in total. The first-order valence-electron chi connectivity index (χ1n) is 14.2. The average molecular weight is 577 g/mol. The summed E-state index contributed by atoms with van der Waals surface area (Å²) in [6.07, 6.45) is 2.57. The maximum Gasteiger partial charge on any atom is 0.264 e. The second-order valence-electron chi connectivity index (χ2n) is 11.8. The first kappa shape index (κ1) is 27.0. The molecule has 218 valence electrons. The number of nitrogens with zero attached hydrogens (tertiary/aromatic N) is 5. The lowest BCUT2D eigenvalue weighted by molar-refractivity contribution is -0.116. The topological polar surface area (TPSA) is 85.2 Å². The molecule has 2 aromatic heterocycles. The average Bonchev–Trinajstić information content (AvgIpc) is 3.65. The summed E-state index contributed by atoms with van der Waals surface area (Å²) in [5.41, 5.74) is 2.01. The van der Waals surface area contributed by atoms with E-state index >= 15 is 4.39 Å². The number of carbonyl (C=O) groups is 1. The number of halogens is 3. The van der Waals surface area contributed by atoms with E-state index in [-0.39, 0.29) is 17.9 Å². The molecule has 3 aliphatic rings. The molecule has 1 unspecified atom stereocenters. The summed E-state index contributed by atoms with van der Waals surface area (Å²) in [6.45, 7) is 3.07. The number of hydrogen-bond donors (Lipinski definition) is 1. The number of carbonyl (C=O) groups excluding carboxylic acids is 1. The first-order chi connectivity index (χ1) is 20.1. The summed E-state index contributed by atoms with van der Waals surface area (Å²) in [5.74, 6) is -2.61. The Labute approximate surface area is 240 Å². The Morgan fingerprint density at radius 3 is 2.62 bits per heavy atom. The minimum atomic E-state index is -2.84. The van der Waals surface area contributed by atoms with Crippen LogP contribution in [0, 0.1) is 5.82 Å². The molecule has 1 aliphatic heterocycles. The van der Waals surface area contributed by atoms with Crippen LogP contribution >= 0.6 is 0 Å². The van der Waals surface area contributed by atoms with Crippen molar-refractivity contribution < 1.29 is 22.7 Å². The van der Waals surface area contributed by atoms with Gasteiger partial charge in [-0.1, -0.05) is 0 Å². The van der Waals surface area contributed by atoms with Crippen LogP contribution in [0.5, 0.6) is 0 Å². The highest BCUT2D eigenvalue weighted by Crippen LogP contribution is 2.58. The summed E-state index contributed by atoms with van der Waals surface area (Å²) in [5, 5.41) is 12.4. The highest BCUT2D eigenvalue weighted by molar-refractivity contribution is 6.27. The van der Waals surface area contributed by atoms with Crippen molar-refractivity contribution in [2.45, 2.75) is 55.9 Å². The number of aryl methyl sites for hydroxylation is 1. The van der Waals surface area contributed by atoms with Gasteiger partial charge >= 0.3 is 0 Å². The van der Waals surface area contributed by atoms with Crippen molar-refractivity contribution in [2.24, 2.45) is 7.05 Å². The number of methoxy groups -OCH3 is 1. The zero-order valence-electron chi connectivity index (χ0n) is 23.6. The van der Waals surface area contributed by atoms with Crippen molar-refractivity contribution in [3.63, 3.8) is 0 Å². The molecule has 2 aliphatic carbocycles. The van der Waals surface area contributed by atoms with Crippen molar-refractivity contribution >= 4 is 28.2 Å². The van der Waals surface area contributed by atoms with E-state index in [1.165, 1.54) is 17.3 Å². The molecule has 2 fully saturated rings. The van der Waals surface area contributed by atoms with E-state index in [9.17, 15) is 13.6 Å². The summed E-state index contributed by atoms with van der Waals surface area (Å²) < 4.78 is 51.2. The van der Waals surface area contributed by atoms with E-state index in [1.54, 1.807) is 43.0 Å². The highest BCUT2D eigenvalue weighted by Gasteiger charge is 2.61. The number of alkyl halides is 2. The van der Waals surface area contributed by atoms with Crippen molar-refractivity contribution in [2.75, 3.05) is 25.2 Å². The second-order valence-corrected chi connectivity index (χ2v) is 11.8. The van der Waals surface area contributed by atoms with Gasteiger partial charge in [0.25, 0.3) is 11.8 Å². The normalized spacial score (nSPS) is 19.4. The molecule has 0 radical (unpaired) electrons. The third-order valence-corrected chi connectivity index (χ3v) is 8.86. The van der Waals surface area contributed by atoms with E-state index in [1.807, 2.05) is 13.0 Å².